The number of nitrogens with zero attached hydrogens (tertiary/aromatic N) is 3. The Bertz CT molecular complexity index is 652. The number of amides is 1. The molecule has 1 saturated carbocycles. The summed E-state index contributed by atoms with van der Waals surface area (Å²) in [5, 5.41) is 20.2. The van der Waals surface area contributed by atoms with Crippen LogP contribution >= 0.6 is 0 Å². The first kappa shape index (κ1) is 14.0. The average molecular weight is 288 g/mol. The molecule has 1 aromatic carbocycles. The molecule has 0 bridgehead atoms. The zero-order valence-corrected chi connectivity index (χ0v) is 12.1. The number of nitrogens with one attached hydrogen (secondary N) is 1. The first-order valence-electron chi connectivity index (χ1n) is 7.40. The Hall–Kier alpha value is -1.95. The molecule has 1 aliphatic rings. The van der Waals surface area contributed by atoms with Crippen molar-refractivity contribution in [2.75, 3.05) is 6.61 Å². The molecule has 2 aromatic rings. The van der Waals surface area contributed by atoms with Crippen LogP contribution < -0.4 is 5.32 Å². The fraction of sp³-hybridized carbons (Fsp3) is 0.533. The van der Waals surface area contributed by atoms with Gasteiger partial charge in [-0.25, -0.2) is 4.68 Å². The van der Waals surface area contributed by atoms with Crippen molar-refractivity contribution < 1.29 is 9.90 Å². The number of aryl methyl sites for hydroxylation is 1. The minimum absolute atomic E-state index is 0.0719. The molecule has 1 aliphatic carbocycles. The molecule has 2 N–H and O–H groups in total. The number of aromatic nitrogens is 3. The fourth-order valence-corrected chi connectivity index (χ4v) is 3.17. The van der Waals surface area contributed by atoms with Gasteiger partial charge in [0.05, 0.1) is 5.52 Å². The van der Waals surface area contributed by atoms with Crippen LogP contribution in [0.3, 0.4) is 0 Å². The first-order chi connectivity index (χ1) is 10.2. The maximum atomic E-state index is 12.4. The third-order valence-electron chi connectivity index (χ3n) is 4.35. The molecule has 21 heavy (non-hydrogen) atoms. The first-order valence-corrected chi connectivity index (χ1v) is 7.40. The highest BCUT2D eigenvalue weighted by molar-refractivity contribution is 5.97. The molecule has 0 radical (unpaired) electrons. The van der Waals surface area contributed by atoms with Crippen LogP contribution in [-0.2, 0) is 7.05 Å². The average Bonchev–Trinajstić information content (AvgIpc) is 3.07. The highest BCUT2D eigenvalue weighted by Crippen LogP contribution is 2.28. The lowest BCUT2D eigenvalue weighted by molar-refractivity contribution is 0.0923. The van der Waals surface area contributed by atoms with Crippen LogP contribution in [0.1, 0.15) is 36.0 Å². The molecule has 2 atom stereocenters. The quantitative estimate of drug-likeness (QED) is 0.887. The maximum absolute atomic E-state index is 12.4. The van der Waals surface area contributed by atoms with Crippen molar-refractivity contribution in [1.82, 2.24) is 20.3 Å². The Morgan fingerprint density at radius 1 is 1.48 bits per heavy atom. The van der Waals surface area contributed by atoms with Crippen LogP contribution in [0.15, 0.2) is 18.2 Å². The molecule has 3 rings (SSSR count). The lowest BCUT2D eigenvalue weighted by Gasteiger charge is -2.20. The number of carbonyl (C=O) groups is 1. The van der Waals surface area contributed by atoms with Crippen LogP contribution in [0.4, 0.5) is 0 Å². The predicted molar refractivity (Wildman–Crippen MR) is 78.8 cm³/mol. The Kier molecular flexibility index (Phi) is 3.88. The van der Waals surface area contributed by atoms with Gasteiger partial charge in [-0.15, -0.1) is 5.10 Å². The Morgan fingerprint density at radius 2 is 2.33 bits per heavy atom. The summed E-state index contributed by atoms with van der Waals surface area (Å²) in [7, 11) is 1.83. The van der Waals surface area contributed by atoms with E-state index in [0.29, 0.717) is 11.5 Å². The smallest absolute Gasteiger partial charge is 0.251 e. The van der Waals surface area contributed by atoms with E-state index >= 15 is 0 Å². The number of aliphatic hydroxyl groups is 1. The van der Waals surface area contributed by atoms with Gasteiger partial charge in [0.25, 0.3) is 5.91 Å². The number of fused-ring (bicyclic) bond motifs is 1. The minimum Gasteiger partial charge on any atom is -0.396 e. The minimum atomic E-state index is -0.0719. The number of carbonyl (C=O) groups excluding carboxylic acids is 1. The number of hydrogen-bond donors (Lipinski definition) is 2. The molecular weight excluding hydrogens is 268 g/mol. The monoisotopic (exact) mass is 288 g/mol. The van der Waals surface area contributed by atoms with E-state index in [4.69, 9.17) is 5.11 Å². The van der Waals surface area contributed by atoms with E-state index in [1.54, 1.807) is 16.8 Å². The zero-order valence-electron chi connectivity index (χ0n) is 12.1. The molecule has 1 heterocycles. The molecule has 0 saturated heterocycles. The molecule has 1 aromatic heterocycles. The van der Waals surface area contributed by atoms with E-state index in [1.165, 1.54) is 0 Å². The summed E-state index contributed by atoms with van der Waals surface area (Å²) < 4.78 is 1.69. The van der Waals surface area contributed by atoms with Crippen molar-refractivity contribution in [2.45, 2.75) is 31.7 Å². The maximum Gasteiger partial charge on any atom is 0.251 e. The molecule has 1 fully saturated rings. The molecule has 6 nitrogen and oxygen atoms in total. The largest absolute Gasteiger partial charge is 0.396 e. The van der Waals surface area contributed by atoms with Crippen molar-refractivity contribution in [1.29, 1.82) is 0 Å². The Labute approximate surface area is 123 Å². The summed E-state index contributed by atoms with van der Waals surface area (Å²) in [6, 6.07) is 5.61. The van der Waals surface area contributed by atoms with Gasteiger partial charge in [0.2, 0.25) is 0 Å². The third kappa shape index (κ3) is 2.76. The zero-order chi connectivity index (χ0) is 14.8. The van der Waals surface area contributed by atoms with Gasteiger partial charge in [-0.1, -0.05) is 11.6 Å². The number of aliphatic hydroxyl groups excluding tert-OH is 1. The topological polar surface area (TPSA) is 80.0 Å². The number of rotatable bonds is 4. The molecule has 0 spiro atoms. The highest BCUT2D eigenvalue weighted by atomic mass is 16.3. The molecule has 112 valence electrons. The van der Waals surface area contributed by atoms with E-state index in [-0.39, 0.29) is 18.6 Å². The van der Waals surface area contributed by atoms with Gasteiger partial charge in [0.15, 0.2) is 0 Å². The highest BCUT2D eigenvalue weighted by Gasteiger charge is 2.28. The second-order valence-electron chi connectivity index (χ2n) is 5.70. The van der Waals surface area contributed by atoms with Gasteiger partial charge in [-0.05, 0) is 43.4 Å². The van der Waals surface area contributed by atoms with E-state index in [0.717, 1.165) is 36.7 Å². The molecular formula is C15H20N4O2. The van der Waals surface area contributed by atoms with Gasteiger partial charge in [0, 0.05) is 25.3 Å². The summed E-state index contributed by atoms with van der Waals surface area (Å²) >= 11 is 0. The standard InChI is InChI=1S/C15H20N4O2/c1-19-14-6-5-11(9-13(14)17-18-19)15(21)16-12-4-2-3-10(12)7-8-20/h5-6,9-10,12,20H,2-4,7-8H2,1H3,(H,16,21). The summed E-state index contributed by atoms with van der Waals surface area (Å²) in [5.41, 5.74) is 2.24. The summed E-state index contributed by atoms with van der Waals surface area (Å²) in [6.45, 7) is 0.183. The normalized spacial score (nSPS) is 21.8. The SMILES string of the molecule is Cn1nnc2cc(C(=O)NC3CCCC3CCO)ccc21. The van der Waals surface area contributed by atoms with Crippen molar-refractivity contribution in [2.24, 2.45) is 13.0 Å². The van der Waals surface area contributed by atoms with E-state index in [9.17, 15) is 4.79 Å². The lowest BCUT2D eigenvalue weighted by Crippen LogP contribution is -2.37. The summed E-state index contributed by atoms with van der Waals surface area (Å²) in [5.74, 6) is 0.316. The number of benzene rings is 1. The van der Waals surface area contributed by atoms with Crippen LogP contribution in [0.2, 0.25) is 0 Å². The molecule has 2 unspecified atom stereocenters. The van der Waals surface area contributed by atoms with Crippen molar-refractivity contribution in [3.63, 3.8) is 0 Å². The van der Waals surface area contributed by atoms with E-state index in [1.807, 2.05) is 13.1 Å². The number of hydrogen-bond acceptors (Lipinski definition) is 4. The van der Waals surface area contributed by atoms with E-state index < -0.39 is 0 Å². The molecule has 0 aliphatic heterocycles. The predicted octanol–water partition coefficient (Wildman–Crippen LogP) is 1.25. The Balaban J connectivity index is 1.74. The van der Waals surface area contributed by atoms with Crippen molar-refractivity contribution in [3.05, 3.63) is 23.8 Å². The van der Waals surface area contributed by atoms with Gasteiger partial charge in [-0.3, -0.25) is 4.79 Å². The summed E-state index contributed by atoms with van der Waals surface area (Å²) in [4.78, 5) is 12.4. The fourth-order valence-electron chi connectivity index (χ4n) is 3.17. The van der Waals surface area contributed by atoms with Crippen LogP contribution in [-0.4, -0.2) is 38.7 Å². The third-order valence-corrected chi connectivity index (χ3v) is 4.35. The van der Waals surface area contributed by atoms with Gasteiger partial charge < -0.3 is 10.4 Å². The second-order valence-corrected chi connectivity index (χ2v) is 5.70. The van der Waals surface area contributed by atoms with Gasteiger partial charge >= 0.3 is 0 Å². The molecule has 1 amide bonds. The van der Waals surface area contributed by atoms with Gasteiger partial charge in [-0.2, -0.15) is 0 Å². The van der Waals surface area contributed by atoms with Crippen LogP contribution in [0.25, 0.3) is 11.0 Å². The van der Waals surface area contributed by atoms with Crippen LogP contribution in [0, 0.1) is 5.92 Å². The molecule has 6 heteroatoms. The van der Waals surface area contributed by atoms with Crippen molar-refractivity contribution >= 4 is 16.9 Å². The van der Waals surface area contributed by atoms with Gasteiger partial charge in [0.1, 0.15) is 5.52 Å². The lowest BCUT2D eigenvalue weighted by atomic mass is 9.99. The summed E-state index contributed by atoms with van der Waals surface area (Å²) in [6.07, 6.45) is 3.94. The van der Waals surface area contributed by atoms with Crippen LogP contribution in [0.5, 0.6) is 0 Å². The van der Waals surface area contributed by atoms with Crippen molar-refractivity contribution in [3.8, 4) is 0 Å². The van der Waals surface area contributed by atoms with E-state index in [2.05, 4.69) is 15.6 Å². The Morgan fingerprint density at radius 3 is 3.14 bits per heavy atom. The second kappa shape index (κ2) is 5.81.